The molecule has 3 heteroatoms. The summed E-state index contributed by atoms with van der Waals surface area (Å²) in [7, 11) is 0. The Morgan fingerprint density at radius 1 is 0.885 bits per heavy atom. The molecule has 0 amide bonds. The molecule has 2 saturated heterocycles. The van der Waals surface area contributed by atoms with E-state index in [-0.39, 0.29) is 0 Å². The van der Waals surface area contributed by atoms with Crippen molar-refractivity contribution in [2.45, 2.75) is 52.1 Å². The van der Waals surface area contributed by atoms with Crippen LogP contribution < -0.4 is 4.90 Å². The average molecular weight is 369 g/mol. The molecular formula is C23H29ClN2. The van der Waals surface area contributed by atoms with Crippen LogP contribution in [0.4, 0.5) is 5.69 Å². The number of piperidine rings is 1. The van der Waals surface area contributed by atoms with E-state index in [1.165, 1.54) is 47.2 Å². The van der Waals surface area contributed by atoms with Crippen molar-refractivity contribution in [2.24, 2.45) is 0 Å². The van der Waals surface area contributed by atoms with E-state index < -0.39 is 0 Å². The zero-order chi connectivity index (χ0) is 18.3. The lowest BCUT2D eigenvalue weighted by Crippen LogP contribution is -2.55. The minimum Gasteiger partial charge on any atom is -0.369 e. The summed E-state index contributed by atoms with van der Waals surface area (Å²) in [6.45, 7) is 9.90. The van der Waals surface area contributed by atoms with Gasteiger partial charge < -0.3 is 4.90 Å². The molecule has 0 aliphatic carbocycles. The summed E-state index contributed by atoms with van der Waals surface area (Å²) >= 11 is 6.21. The highest BCUT2D eigenvalue weighted by Gasteiger charge is 2.35. The van der Waals surface area contributed by atoms with Gasteiger partial charge in [-0.15, -0.1) is 0 Å². The fraction of sp³-hybridized carbons (Fsp3) is 0.478. The molecule has 2 fully saturated rings. The minimum atomic E-state index is 0.585. The summed E-state index contributed by atoms with van der Waals surface area (Å²) in [5.74, 6) is 0. The van der Waals surface area contributed by atoms with Crippen LogP contribution in [0.1, 0.15) is 47.6 Å². The summed E-state index contributed by atoms with van der Waals surface area (Å²) in [5.41, 5.74) is 6.81. The van der Waals surface area contributed by atoms with Gasteiger partial charge in [0.15, 0.2) is 0 Å². The van der Waals surface area contributed by atoms with Crippen molar-refractivity contribution in [1.29, 1.82) is 0 Å². The third-order valence-electron chi connectivity index (χ3n) is 6.37. The van der Waals surface area contributed by atoms with Gasteiger partial charge in [0.1, 0.15) is 0 Å². The number of hydrogen-bond donors (Lipinski definition) is 0. The Morgan fingerprint density at radius 3 is 2.50 bits per heavy atom. The Hall–Kier alpha value is -1.51. The van der Waals surface area contributed by atoms with Gasteiger partial charge in [0, 0.05) is 42.4 Å². The van der Waals surface area contributed by atoms with Crippen LogP contribution in [0.15, 0.2) is 36.4 Å². The Bertz CT molecular complexity index is 801. The Morgan fingerprint density at radius 2 is 1.73 bits per heavy atom. The molecule has 4 rings (SSSR count). The van der Waals surface area contributed by atoms with Crippen molar-refractivity contribution in [3.63, 3.8) is 0 Å². The van der Waals surface area contributed by atoms with Gasteiger partial charge in [0.25, 0.3) is 0 Å². The molecule has 0 N–H and O–H groups in total. The number of piperazine rings is 1. The van der Waals surface area contributed by atoms with E-state index in [2.05, 4.69) is 60.9 Å². The molecule has 0 aromatic heterocycles. The van der Waals surface area contributed by atoms with Crippen molar-refractivity contribution < 1.29 is 0 Å². The molecule has 0 saturated carbocycles. The third kappa shape index (κ3) is 3.37. The van der Waals surface area contributed by atoms with E-state index in [0.717, 1.165) is 24.7 Å². The van der Waals surface area contributed by atoms with Gasteiger partial charge in [-0.25, -0.2) is 0 Å². The normalized spacial score (nSPS) is 23.8. The second kappa shape index (κ2) is 7.25. The highest BCUT2D eigenvalue weighted by molar-refractivity contribution is 6.31. The minimum absolute atomic E-state index is 0.585. The molecule has 2 aliphatic heterocycles. The molecular weight excluding hydrogens is 340 g/mol. The van der Waals surface area contributed by atoms with Gasteiger partial charge in [0.05, 0.1) is 0 Å². The monoisotopic (exact) mass is 368 g/mol. The Kier molecular flexibility index (Phi) is 4.98. The molecule has 0 spiro atoms. The fourth-order valence-corrected chi connectivity index (χ4v) is 4.76. The molecule has 2 aromatic rings. The van der Waals surface area contributed by atoms with Crippen molar-refractivity contribution in [1.82, 2.24) is 4.90 Å². The van der Waals surface area contributed by atoms with Crippen LogP contribution in [0.3, 0.4) is 0 Å². The first-order valence-corrected chi connectivity index (χ1v) is 10.2. The van der Waals surface area contributed by atoms with Crippen LogP contribution in [0, 0.1) is 20.8 Å². The number of fused-ring (bicyclic) bond motifs is 1. The van der Waals surface area contributed by atoms with E-state index in [1.54, 1.807) is 0 Å². The largest absolute Gasteiger partial charge is 0.369 e. The number of nitrogens with zero attached hydrogens (tertiary/aromatic N) is 2. The van der Waals surface area contributed by atoms with E-state index in [1.807, 2.05) is 6.07 Å². The van der Waals surface area contributed by atoms with Crippen LogP contribution in [0.2, 0.25) is 5.02 Å². The first kappa shape index (κ1) is 17.9. The molecule has 0 radical (unpaired) electrons. The lowest BCUT2D eigenvalue weighted by atomic mass is 9.88. The topological polar surface area (TPSA) is 6.48 Å². The van der Waals surface area contributed by atoms with E-state index in [9.17, 15) is 0 Å². The zero-order valence-corrected chi connectivity index (χ0v) is 16.9. The second-order valence-electron chi connectivity index (χ2n) is 8.06. The van der Waals surface area contributed by atoms with Crippen molar-refractivity contribution >= 4 is 17.3 Å². The maximum Gasteiger partial charge on any atom is 0.0436 e. The number of benzene rings is 2. The van der Waals surface area contributed by atoms with Crippen molar-refractivity contribution in [3.8, 4) is 0 Å². The van der Waals surface area contributed by atoms with Gasteiger partial charge >= 0.3 is 0 Å². The predicted molar refractivity (Wildman–Crippen MR) is 111 cm³/mol. The summed E-state index contributed by atoms with van der Waals surface area (Å²) in [4.78, 5) is 5.32. The number of anilines is 1. The van der Waals surface area contributed by atoms with Gasteiger partial charge in [0.2, 0.25) is 0 Å². The van der Waals surface area contributed by atoms with Crippen LogP contribution in [-0.2, 0) is 0 Å². The summed E-state index contributed by atoms with van der Waals surface area (Å²) in [6.07, 6.45) is 3.93. The average Bonchev–Trinajstić information content (AvgIpc) is 2.65. The van der Waals surface area contributed by atoms with E-state index >= 15 is 0 Å². The summed E-state index contributed by atoms with van der Waals surface area (Å²) in [5, 5.41) is 0.861. The smallest absolute Gasteiger partial charge is 0.0436 e. The molecule has 2 aliphatic rings. The van der Waals surface area contributed by atoms with Crippen molar-refractivity contribution in [2.75, 3.05) is 24.5 Å². The molecule has 2 aromatic carbocycles. The van der Waals surface area contributed by atoms with Crippen LogP contribution in [-0.4, -0.2) is 30.6 Å². The van der Waals surface area contributed by atoms with Crippen molar-refractivity contribution in [3.05, 3.63) is 63.7 Å². The first-order chi connectivity index (χ1) is 12.5. The Labute approximate surface area is 162 Å². The molecule has 0 bridgehead atoms. The van der Waals surface area contributed by atoms with Crippen LogP contribution in [0.25, 0.3) is 0 Å². The van der Waals surface area contributed by atoms with E-state index in [4.69, 9.17) is 11.6 Å². The number of hydrogen-bond acceptors (Lipinski definition) is 2. The highest BCUT2D eigenvalue weighted by Crippen LogP contribution is 2.37. The number of aryl methyl sites for hydroxylation is 3. The molecule has 2 atom stereocenters. The first-order valence-electron chi connectivity index (χ1n) is 9.87. The molecule has 138 valence electrons. The molecule has 2 unspecified atom stereocenters. The lowest BCUT2D eigenvalue weighted by Gasteiger charge is -2.49. The summed E-state index contributed by atoms with van der Waals surface area (Å²) < 4.78 is 0. The van der Waals surface area contributed by atoms with E-state index in [0.29, 0.717) is 12.1 Å². The zero-order valence-electron chi connectivity index (χ0n) is 16.1. The lowest BCUT2D eigenvalue weighted by molar-refractivity contribution is 0.0716. The van der Waals surface area contributed by atoms with Crippen LogP contribution >= 0.6 is 11.6 Å². The number of halogens is 1. The van der Waals surface area contributed by atoms with Gasteiger partial charge in [-0.05, 0) is 80.5 Å². The third-order valence-corrected chi connectivity index (χ3v) is 6.79. The molecule has 2 heterocycles. The van der Waals surface area contributed by atoms with Crippen LogP contribution in [0.5, 0.6) is 0 Å². The fourth-order valence-electron chi connectivity index (χ4n) is 4.64. The summed E-state index contributed by atoms with van der Waals surface area (Å²) in [6, 6.07) is 14.7. The van der Waals surface area contributed by atoms with Gasteiger partial charge in [-0.1, -0.05) is 29.8 Å². The van der Waals surface area contributed by atoms with Gasteiger partial charge in [-0.2, -0.15) is 0 Å². The molecule has 26 heavy (non-hydrogen) atoms. The second-order valence-corrected chi connectivity index (χ2v) is 8.47. The maximum atomic E-state index is 6.21. The standard InChI is InChI=1S/C23H29ClN2/c1-16-7-8-19(13-17(16)2)23-6-4-5-21-15-25(11-12-26(21)23)20-9-10-22(24)18(3)14-20/h7-10,13-14,21,23H,4-6,11-12,15H2,1-3H3. The SMILES string of the molecule is Cc1ccc(C2CCCC3CN(c4ccc(Cl)c(C)c4)CCN32)cc1C. The van der Waals surface area contributed by atoms with Gasteiger partial charge in [-0.3, -0.25) is 4.90 Å². The predicted octanol–water partition coefficient (Wildman–Crippen LogP) is 5.68. The quantitative estimate of drug-likeness (QED) is 0.672. The Balaban J connectivity index is 1.53. The highest BCUT2D eigenvalue weighted by atomic mass is 35.5. The maximum absolute atomic E-state index is 6.21. The number of rotatable bonds is 2. The molecule has 2 nitrogen and oxygen atoms in total.